The Morgan fingerprint density at radius 2 is 2.00 bits per heavy atom. The molecule has 5 heteroatoms. The fourth-order valence-electron chi connectivity index (χ4n) is 2.31. The van der Waals surface area contributed by atoms with Crippen LogP contribution in [0.2, 0.25) is 0 Å². The Hall–Kier alpha value is -2.30. The molecule has 0 bridgehead atoms. The third-order valence-electron chi connectivity index (χ3n) is 3.75. The number of nitrogens with zero attached hydrogens (tertiary/aromatic N) is 2. The number of aromatic nitrogens is 2. The molecule has 130 valence electrons. The van der Waals surface area contributed by atoms with Gasteiger partial charge in [0.05, 0.1) is 6.04 Å². The first-order chi connectivity index (χ1) is 11.3. The number of carbonyl (C=O) groups excluding carboxylic acids is 1. The highest BCUT2D eigenvalue weighted by atomic mass is 16.5. The fourth-order valence-corrected chi connectivity index (χ4v) is 2.31. The molecule has 0 aliphatic heterocycles. The zero-order valence-electron chi connectivity index (χ0n) is 15.0. The lowest BCUT2D eigenvalue weighted by atomic mass is 9.87. The van der Waals surface area contributed by atoms with Gasteiger partial charge in [-0.3, -0.25) is 9.48 Å². The molecule has 0 saturated carbocycles. The summed E-state index contributed by atoms with van der Waals surface area (Å²) in [5.41, 5.74) is 1.41. The molecule has 1 aromatic heterocycles. The molecule has 0 radical (unpaired) electrons. The molecule has 1 unspecified atom stereocenters. The summed E-state index contributed by atoms with van der Waals surface area (Å²) in [7, 11) is 0. The summed E-state index contributed by atoms with van der Waals surface area (Å²) in [5, 5.41) is 7.02. The first-order valence-electron chi connectivity index (χ1n) is 8.35. The van der Waals surface area contributed by atoms with E-state index < -0.39 is 0 Å². The molecule has 0 aliphatic carbocycles. The van der Waals surface area contributed by atoms with Crippen molar-refractivity contribution in [3.05, 3.63) is 48.3 Å². The Balaban J connectivity index is 1.72. The summed E-state index contributed by atoms with van der Waals surface area (Å²) in [6, 6.07) is 9.93. The van der Waals surface area contributed by atoms with Gasteiger partial charge < -0.3 is 10.1 Å². The fraction of sp³-hybridized carbons (Fsp3) is 0.474. The van der Waals surface area contributed by atoms with E-state index in [0.29, 0.717) is 19.6 Å². The van der Waals surface area contributed by atoms with Gasteiger partial charge in [0.2, 0.25) is 5.91 Å². The molecule has 0 aliphatic rings. The van der Waals surface area contributed by atoms with Gasteiger partial charge in [-0.2, -0.15) is 5.10 Å². The van der Waals surface area contributed by atoms with E-state index in [-0.39, 0.29) is 17.4 Å². The molecule has 1 N–H and O–H groups in total. The molecular weight excluding hydrogens is 302 g/mol. The van der Waals surface area contributed by atoms with Gasteiger partial charge in [-0.25, -0.2) is 0 Å². The maximum atomic E-state index is 11.9. The van der Waals surface area contributed by atoms with Gasteiger partial charge >= 0.3 is 0 Å². The molecular formula is C19H27N3O2. The second kappa shape index (κ2) is 7.99. The van der Waals surface area contributed by atoms with Crippen molar-refractivity contribution < 1.29 is 9.53 Å². The Bertz CT molecular complexity index is 628. The van der Waals surface area contributed by atoms with Crippen LogP contribution in [0.1, 0.15) is 39.7 Å². The molecule has 24 heavy (non-hydrogen) atoms. The van der Waals surface area contributed by atoms with E-state index in [1.54, 1.807) is 10.9 Å². The second-order valence-corrected chi connectivity index (χ2v) is 7.07. The van der Waals surface area contributed by atoms with Crippen LogP contribution in [-0.4, -0.2) is 28.3 Å². The molecule has 1 aromatic carbocycles. The second-order valence-electron chi connectivity index (χ2n) is 7.07. The van der Waals surface area contributed by atoms with Crippen LogP contribution in [0.15, 0.2) is 42.7 Å². The molecule has 2 rings (SSSR count). The summed E-state index contributed by atoms with van der Waals surface area (Å²) in [4.78, 5) is 11.9. The van der Waals surface area contributed by atoms with Crippen LogP contribution in [-0.2, 0) is 16.8 Å². The molecule has 1 heterocycles. The normalized spacial score (nSPS) is 12.7. The zero-order chi connectivity index (χ0) is 17.6. The van der Waals surface area contributed by atoms with Crippen molar-refractivity contribution in [1.82, 2.24) is 15.1 Å². The van der Waals surface area contributed by atoms with Crippen molar-refractivity contribution in [2.45, 2.75) is 52.1 Å². The Kier molecular flexibility index (Phi) is 6.01. The Morgan fingerprint density at radius 3 is 2.58 bits per heavy atom. The average molecular weight is 329 g/mol. The van der Waals surface area contributed by atoms with Gasteiger partial charge in [0.1, 0.15) is 12.4 Å². The van der Waals surface area contributed by atoms with Crippen molar-refractivity contribution in [2.75, 3.05) is 6.61 Å². The van der Waals surface area contributed by atoms with Gasteiger partial charge in [-0.05, 0) is 36.1 Å². The quantitative estimate of drug-likeness (QED) is 0.849. The number of aryl methyl sites for hydroxylation is 1. The predicted octanol–water partition coefficient (Wildman–Crippen LogP) is 3.15. The maximum absolute atomic E-state index is 11.9. The van der Waals surface area contributed by atoms with Crippen molar-refractivity contribution in [3.8, 4) is 5.75 Å². The van der Waals surface area contributed by atoms with E-state index in [0.717, 1.165) is 5.75 Å². The topological polar surface area (TPSA) is 56.1 Å². The third-order valence-corrected chi connectivity index (χ3v) is 3.75. The van der Waals surface area contributed by atoms with Crippen LogP contribution in [0.3, 0.4) is 0 Å². The van der Waals surface area contributed by atoms with Crippen molar-refractivity contribution in [2.24, 2.45) is 0 Å². The first kappa shape index (κ1) is 18.0. The van der Waals surface area contributed by atoms with E-state index in [2.05, 4.69) is 43.3 Å². The van der Waals surface area contributed by atoms with Gasteiger partial charge in [-0.1, -0.05) is 32.9 Å². The van der Waals surface area contributed by atoms with Crippen molar-refractivity contribution in [1.29, 1.82) is 0 Å². The van der Waals surface area contributed by atoms with E-state index in [9.17, 15) is 4.79 Å². The number of hydrogen-bond acceptors (Lipinski definition) is 3. The summed E-state index contributed by atoms with van der Waals surface area (Å²) >= 11 is 0. The molecule has 5 nitrogen and oxygen atoms in total. The minimum Gasteiger partial charge on any atom is -0.491 e. The zero-order valence-corrected chi connectivity index (χ0v) is 15.0. The van der Waals surface area contributed by atoms with Crippen LogP contribution in [0, 0.1) is 0 Å². The molecule has 2 aromatic rings. The first-order valence-corrected chi connectivity index (χ1v) is 8.35. The molecule has 1 amide bonds. The summed E-state index contributed by atoms with van der Waals surface area (Å²) in [6.45, 7) is 9.52. The number of amides is 1. The minimum atomic E-state index is -0.0441. The van der Waals surface area contributed by atoms with E-state index in [4.69, 9.17) is 4.74 Å². The average Bonchev–Trinajstić information content (AvgIpc) is 3.04. The highest BCUT2D eigenvalue weighted by Crippen LogP contribution is 2.24. The third kappa shape index (κ3) is 5.72. The molecule has 0 saturated heterocycles. The van der Waals surface area contributed by atoms with Gasteiger partial charge in [0, 0.05) is 25.4 Å². The lowest BCUT2D eigenvalue weighted by Gasteiger charge is -2.20. The number of carbonyl (C=O) groups is 1. The monoisotopic (exact) mass is 329 g/mol. The molecule has 0 fully saturated rings. The highest BCUT2D eigenvalue weighted by Gasteiger charge is 2.13. The number of benzene rings is 1. The largest absolute Gasteiger partial charge is 0.491 e. The van der Waals surface area contributed by atoms with Crippen LogP contribution < -0.4 is 10.1 Å². The van der Waals surface area contributed by atoms with E-state index in [1.807, 2.05) is 31.3 Å². The van der Waals surface area contributed by atoms with Crippen LogP contribution in [0.5, 0.6) is 5.75 Å². The van der Waals surface area contributed by atoms with Gasteiger partial charge in [0.25, 0.3) is 0 Å². The lowest BCUT2D eigenvalue weighted by Crippen LogP contribution is -2.37. The summed E-state index contributed by atoms with van der Waals surface area (Å²) in [6.07, 6.45) is 3.96. The standard InChI is InChI=1S/C19H27N3O2/c1-15(21-18(23)10-13-22-12-5-11-20-22)14-24-17-8-6-16(7-9-17)19(2,3)4/h5-9,11-12,15H,10,13-14H2,1-4H3,(H,21,23). The van der Waals surface area contributed by atoms with Crippen LogP contribution >= 0.6 is 0 Å². The van der Waals surface area contributed by atoms with E-state index >= 15 is 0 Å². The lowest BCUT2D eigenvalue weighted by molar-refractivity contribution is -0.122. The number of nitrogens with one attached hydrogen (secondary N) is 1. The number of ether oxygens (including phenoxy) is 1. The Morgan fingerprint density at radius 1 is 1.29 bits per heavy atom. The van der Waals surface area contributed by atoms with E-state index in [1.165, 1.54) is 5.56 Å². The Labute approximate surface area is 144 Å². The molecule has 1 atom stereocenters. The van der Waals surface area contributed by atoms with Crippen molar-refractivity contribution in [3.63, 3.8) is 0 Å². The summed E-state index contributed by atoms with van der Waals surface area (Å²) < 4.78 is 7.50. The number of hydrogen-bond donors (Lipinski definition) is 1. The predicted molar refractivity (Wildman–Crippen MR) is 95.1 cm³/mol. The van der Waals surface area contributed by atoms with Crippen LogP contribution in [0.25, 0.3) is 0 Å². The minimum absolute atomic E-state index is 0.00433. The summed E-state index contributed by atoms with van der Waals surface area (Å²) in [5.74, 6) is 0.824. The van der Waals surface area contributed by atoms with Crippen molar-refractivity contribution >= 4 is 5.91 Å². The van der Waals surface area contributed by atoms with Gasteiger partial charge in [-0.15, -0.1) is 0 Å². The maximum Gasteiger partial charge on any atom is 0.222 e. The SMILES string of the molecule is CC(COc1ccc(C(C)(C)C)cc1)NC(=O)CCn1cccn1. The highest BCUT2D eigenvalue weighted by molar-refractivity contribution is 5.76. The number of rotatable bonds is 7. The molecule has 0 spiro atoms. The van der Waals surface area contributed by atoms with Crippen LogP contribution in [0.4, 0.5) is 0 Å². The smallest absolute Gasteiger partial charge is 0.222 e. The van der Waals surface area contributed by atoms with Gasteiger partial charge in [0.15, 0.2) is 0 Å².